The van der Waals surface area contributed by atoms with Gasteiger partial charge in [0.05, 0.1) is 0 Å². The predicted molar refractivity (Wildman–Crippen MR) is 46.7 cm³/mol. The Morgan fingerprint density at radius 3 is 2.00 bits per heavy atom. The molecule has 1 unspecified atom stereocenters. The van der Waals surface area contributed by atoms with E-state index in [1.807, 2.05) is 6.92 Å². The minimum atomic E-state index is 0.175. The Balaban J connectivity index is 4.08. The molecule has 1 atom stereocenters. The third-order valence-corrected chi connectivity index (χ3v) is 2.49. The van der Waals surface area contributed by atoms with Crippen molar-refractivity contribution in [1.82, 2.24) is 0 Å². The maximum absolute atomic E-state index is 7.55. The zero-order valence-corrected chi connectivity index (χ0v) is 7.62. The van der Waals surface area contributed by atoms with Crippen LogP contribution in [0, 0.1) is 10.8 Å². The first-order valence-electron chi connectivity index (χ1n) is 4.12. The van der Waals surface area contributed by atoms with Crippen molar-refractivity contribution in [3.63, 3.8) is 0 Å². The van der Waals surface area contributed by atoms with Gasteiger partial charge in [0.1, 0.15) is 0 Å². The predicted octanol–water partition coefficient (Wildman–Crippen LogP) is 3.24. The van der Waals surface area contributed by atoms with Crippen molar-refractivity contribution in [3.05, 3.63) is 0 Å². The Morgan fingerprint density at radius 2 is 1.90 bits per heavy atom. The molecule has 0 aromatic heterocycles. The van der Waals surface area contributed by atoms with E-state index in [-0.39, 0.29) is 5.41 Å². The van der Waals surface area contributed by atoms with Gasteiger partial charge in [0.15, 0.2) is 0 Å². The SMILES string of the molecule is CCCC(C)(CC)C(C)=N. The molecule has 0 heterocycles. The van der Waals surface area contributed by atoms with E-state index in [0.717, 1.165) is 18.6 Å². The van der Waals surface area contributed by atoms with Crippen LogP contribution in [0.15, 0.2) is 0 Å². The van der Waals surface area contributed by atoms with Crippen LogP contribution >= 0.6 is 0 Å². The Bertz CT molecular complexity index is 118. The Morgan fingerprint density at radius 1 is 1.40 bits per heavy atom. The summed E-state index contributed by atoms with van der Waals surface area (Å²) in [5.41, 5.74) is 1.01. The van der Waals surface area contributed by atoms with Crippen molar-refractivity contribution in [2.24, 2.45) is 5.41 Å². The van der Waals surface area contributed by atoms with Gasteiger partial charge in [-0.05, 0) is 19.8 Å². The minimum Gasteiger partial charge on any atom is -0.309 e. The van der Waals surface area contributed by atoms with E-state index >= 15 is 0 Å². The van der Waals surface area contributed by atoms with Crippen LogP contribution in [-0.2, 0) is 0 Å². The smallest absolute Gasteiger partial charge is 0.0117 e. The van der Waals surface area contributed by atoms with E-state index < -0.39 is 0 Å². The van der Waals surface area contributed by atoms with Crippen molar-refractivity contribution >= 4 is 5.71 Å². The van der Waals surface area contributed by atoms with Gasteiger partial charge >= 0.3 is 0 Å². The first-order valence-corrected chi connectivity index (χ1v) is 4.12. The molecule has 0 amide bonds. The maximum Gasteiger partial charge on any atom is 0.0117 e. The lowest BCUT2D eigenvalue weighted by Crippen LogP contribution is -2.23. The summed E-state index contributed by atoms with van der Waals surface area (Å²) < 4.78 is 0. The molecule has 1 nitrogen and oxygen atoms in total. The van der Waals surface area contributed by atoms with Crippen LogP contribution in [0.3, 0.4) is 0 Å². The summed E-state index contributed by atoms with van der Waals surface area (Å²) in [5.74, 6) is 0. The molecule has 1 heteroatoms. The monoisotopic (exact) mass is 141 g/mol. The van der Waals surface area contributed by atoms with Gasteiger partial charge in [-0.2, -0.15) is 0 Å². The van der Waals surface area contributed by atoms with E-state index in [1.165, 1.54) is 6.42 Å². The standard InChI is InChI=1S/C9H19N/c1-5-7-9(4,6-2)8(3)10/h10H,5-7H2,1-4H3. The first kappa shape index (κ1) is 9.67. The molecule has 0 rings (SSSR count). The summed E-state index contributed by atoms with van der Waals surface area (Å²) in [4.78, 5) is 0. The molecule has 60 valence electrons. The van der Waals surface area contributed by atoms with E-state index in [2.05, 4.69) is 20.8 Å². The second-order valence-corrected chi connectivity index (χ2v) is 3.29. The molecule has 0 saturated carbocycles. The molecular formula is C9H19N. The lowest BCUT2D eigenvalue weighted by Gasteiger charge is -2.26. The molecule has 0 aromatic rings. The highest BCUT2D eigenvalue weighted by molar-refractivity contribution is 5.84. The van der Waals surface area contributed by atoms with E-state index in [0.29, 0.717) is 0 Å². The number of hydrogen-bond acceptors (Lipinski definition) is 1. The third-order valence-electron chi connectivity index (χ3n) is 2.49. The van der Waals surface area contributed by atoms with Crippen LogP contribution in [0.25, 0.3) is 0 Å². The molecule has 0 aromatic carbocycles. The number of rotatable bonds is 4. The van der Waals surface area contributed by atoms with E-state index in [9.17, 15) is 0 Å². The fourth-order valence-corrected chi connectivity index (χ4v) is 1.18. The van der Waals surface area contributed by atoms with Crippen LogP contribution in [0.4, 0.5) is 0 Å². The largest absolute Gasteiger partial charge is 0.309 e. The van der Waals surface area contributed by atoms with Crippen LogP contribution in [0.1, 0.15) is 47.0 Å². The van der Waals surface area contributed by atoms with Crippen molar-refractivity contribution in [2.75, 3.05) is 0 Å². The summed E-state index contributed by atoms with van der Waals surface area (Å²) in [6.45, 7) is 8.43. The first-order chi connectivity index (χ1) is 4.56. The zero-order chi connectivity index (χ0) is 8.20. The number of hydrogen-bond donors (Lipinski definition) is 1. The van der Waals surface area contributed by atoms with Gasteiger partial charge in [-0.3, -0.25) is 0 Å². The number of nitrogens with one attached hydrogen (secondary N) is 1. The van der Waals surface area contributed by atoms with E-state index in [1.54, 1.807) is 0 Å². The van der Waals surface area contributed by atoms with Crippen molar-refractivity contribution in [3.8, 4) is 0 Å². The molecule has 0 fully saturated rings. The fraction of sp³-hybridized carbons (Fsp3) is 0.889. The molecule has 10 heavy (non-hydrogen) atoms. The average molecular weight is 141 g/mol. The second kappa shape index (κ2) is 3.75. The Hall–Kier alpha value is -0.330. The second-order valence-electron chi connectivity index (χ2n) is 3.29. The van der Waals surface area contributed by atoms with Gasteiger partial charge in [0, 0.05) is 11.1 Å². The Labute approximate surface area is 64.3 Å². The van der Waals surface area contributed by atoms with Gasteiger partial charge in [-0.15, -0.1) is 0 Å². The lowest BCUT2D eigenvalue weighted by molar-refractivity contribution is 0.403. The van der Waals surface area contributed by atoms with Gasteiger partial charge < -0.3 is 5.41 Å². The molecule has 0 bridgehead atoms. The molecule has 0 aliphatic carbocycles. The zero-order valence-electron chi connectivity index (χ0n) is 7.62. The summed E-state index contributed by atoms with van der Waals surface area (Å²) in [5, 5.41) is 7.55. The molecule has 0 aliphatic heterocycles. The van der Waals surface area contributed by atoms with Gasteiger partial charge in [0.2, 0.25) is 0 Å². The van der Waals surface area contributed by atoms with Crippen LogP contribution in [-0.4, -0.2) is 5.71 Å². The van der Waals surface area contributed by atoms with Gasteiger partial charge in [-0.25, -0.2) is 0 Å². The van der Waals surface area contributed by atoms with Crippen LogP contribution in [0.5, 0.6) is 0 Å². The van der Waals surface area contributed by atoms with Crippen molar-refractivity contribution in [1.29, 1.82) is 5.41 Å². The minimum absolute atomic E-state index is 0.175. The van der Waals surface area contributed by atoms with Gasteiger partial charge in [0.25, 0.3) is 0 Å². The van der Waals surface area contributed by atoms with Gasteiger partial charge in [-0.1, -0.05) is 27.2 Å². The summed E-state index contributed by atoms with van der Waals surface area (Å²) >= 11 is 0. The normalized spacial score (nSPS) is 16.4. The molecular weight excluding hydrogens is 122 g/mol. The molecule has 0 saturated heterocycles. The topological polar surface area (TPSA) is 23.9 Å². The molecule has 0 aliphatic rings. The van der Waals surface area contributed by atoms with E-state index in [4.69, 9.17) is 5.41 Å². The molecule has 0 radical (unpaired) electrons. The maximum atomic E-state index is 7.55. The lowest BCUT2D eigenvalue weighted by atomic mass is 9.79. The Kier molecular flexibility index (Phi) is 3.62. The summed E-state index contributed by atoms with van der Waals surface area (Å²) in [7, 11) is 0. The van der Waals surface area contributed by atoms with Crippen molar-refractivity contribution in [2.45, 2.75) is 47.0 Å². The highest BCUT2D eigenvalue weighted by atomic mass is 14.5. The molecule has 1 N–H and O–H groups in total. The highest BCUT2D eigenvalue weighted by Crippen LogP contribution is 2.28. The third kappa shape index (κ3) is 2.13. The molecule has 0 spiro atoms. The highest BCUT2D eigenvalue weighted by Gasteiger charge is 2.22. The summed E-state index contributed by atoms with van der Waals surface area (Å²) in [6, 6.07) is 0. The van der Waals surface area contributed by atoms with Crippen LogP contribution in [0.2, 0.25) is 0 Å². The van der Waals surface area contributed by atoms with Crippen molar-refractivity contribution < 1.29 is 0 Å². The average Bonchev–Trinajstić information content (AvgIpc) is 1.88. The van der Waals surface area contributed by atoms with Crippen LogP contribution < -0.4 is 0 Å². The fourth-order valence-electron chi connectivity index (χ4n) is 1.18. The quantitative estimate of drug-likeness (QED) is 0.581. The summed E-state index contributed by atoms with van der Waals surface area (Å²) in [6.07, 6.45) is 3.43.